The molecule has 0 unspecified atom stereocenters. The quantitative estimate of drug-likeness (QED) is 0.696. The van der Waals surface area contributed by atoms with E-state index >= 15 is 0 Å². The van der Waals surface area contributed by atoms with Crippen molar-refractivity contribution in [2.24, 2.45) is 23.0 Å². The number of benzene rings is 1. The van der Waals surface area contributed by atoms with Crippen molar-refractivity contribution in [1.82, 2.24) is 5.32 Å². The summed E-state index contributed by atoms with van der Waals surface area (Å²) >= 11 is 0. The monoisotopic (exact) mass is 434 g/mol. The molecule has 30 heavy (non-hydrogen) atoms. The van der Waals surface area contributed by atoms with Gasteiger partial charge in [0.2, 0.25) is 5.91 Å². The third-order valence-corrected chi connectivity index (χ3v) is 7.74. The minimum absolute atomic E-state index is 0. The Morgan fingerprint density at radius 1 is 1.33 bits per heavy atom. The van der Waals surface area contributed by atoms with Gasteiger partial charge in [-0.2, -0.15) is 0 Å². The summed E-state index contributed by atoms with van der Waals surface area (Å²) < 4.78 is 13.1. The van der Waals surface area contributed by atoms with E-state index in [9.17, 15) is 4.79 Å². The molecular formula is C23H36BClN2O3. The van der Waals surface area contributed by atoms with Crippen molar-refractivity contribution in [2.75, 3.05) is 0 Å². The average molecular weight is 435 g/mol. The largest absolute Gasteiger partial charge is 0.482 e. The molecule has 5 atom stereocenters. The first kappa shape index (κ1) is 23.6. The van der Waals surface area contributed by atoms with Gasteiger partial charge in [-0.25, -0.2) is 0 Å². The second-order valence-corrected chi connectivity index (χ2v) is 10.8. The van der Waals surface area contributed by atoms with Crippen LogP contribution in [0.4, 0.5) is 0 Å². The zero-order valence-electron chi connectivity index (χ0n) is 19.0. The highest BCUT2D eigenvalue weighted by molar-refractivity contribution is 6.48. The van der Waals surface area contributed by atoms with E-state index < -0.39 is 12.7 Å². The number of rotatable bonds is 5. The van der Waals surface area contributed by atoms with E-state index in [1.165, 1.54) is 12.0 Å². The lowest BCUT2D eigenvalue weighted by atomic mass is 9.43. The molecule has 3 N–H and O–H groups in total. The van der Waals surface area contributed by atoms with Gasteiger partial charge < -0.3 is 20.4 Å². The van der Waals surface area contributed by atoms with E-state index in [2.05, 4.69) is 51.2 Å². The molecule has 2 bridgehead atoms. The maximum Gasteiger partial charge on any atom is 0.482 e. The Bertz CT molecular complexity index is 812. The summed E-state index contributed by atoms with van der Waals surface area (Å²) in [6.07, 6.45) is 2.98. The Labute approximate surface area is 187 Å². The maximum atomic E-state index is 12.7. The van der Waals surface area contributed by atoms with Crippen LogP contribution in [0.15, 0.2) is 24.3 Å². The van der Waals surface area contributed by atoms with Crippen LogP contribution in [-0.2, 0) is 20.5 Å². The van der Waals surface area contributed by atoms with Crippen molar-refractivity contribution in [3.8, 4) is 0 Å². The molecule has 3 aliphatic carbocycles. The molecule has 4 fully saturated rings. The molecule has 5 rings (SSSR count). The Morgan fingerprint density at radius 2 is 2.03 bits per heavy atom. The van der Waals surface area contributed by atoms with Gasteiger partial charge in [0.05, 0.1) is 23.2 Å². The van der Waals surface area contributed by atoms with E-state index in [-0.39, 0.29) is 41.4 Å². The van der Waals surface area contributed by atoms with Crippen molar-refractivity contribution < 1.29 is 14.1 Å². The van der Waals surface area contributed by atoms with Crippen LogP contribution >= 0.6 is 12.4 Å². The highest BCUT2D eigenvalue weighted by Crippen LogP contribution is 2.65. The molecule has 1 heterocycles. The lowest BCUT2D eigenvalue weighted by Gasteiger charge is -2.64. The van der Waals surface area contributed by atoms with Crippen molar-refractivity contribution in [1.29, 1.82) is 0 Å². The molecule has 1 aromatic carbocycles. The van der Waals surface area contributed by atoms with Crippen LogP contribution in [0.5, 0.6) is 0 Å². The van der Waals surface area contributed by atoms with Crippen LogP contribution in [0.2, 0.25) is 0 Å². The molecule has 0 radical (unpaired) electrons. The third kappa shape index (κ3) is 3.92. The molecule has 0 aromatic heterocycles. The number of halogens is 1. The third-order valence-electron chi connectivity index (χ3n) is 7.74. The van der Waals surface area contributed by atoms with Crippen LogP contribution in [0, 0.1) is 24.2 Å². The number of hydrogen-bond donors (Lipinski definition) is 2. The molecule has 1 saturated heterocycles. The van der Waals surface area contributed by atoms with E-state index in [0.717, 1.165) is 12.0 Å². The minimum atomic E-state index is -0.955. The predicted octanol–water partition coefficient (Wildman–Crippen LogP) is 3.45. The summed E-state index contributed by atoms with van der Waals surface area (Å²) in [5.74, 6) is 0.715. The number of aryl methyl sites for hydroxylation is 1. The molecule has 5 nitrogen and oxygen atoms in total. The van der Waals surface area contributed by atoms with E-state index in [1.807, 2.05) is 6.07 Å². The van der Waals surface area contributed by atoms with Crippen LogP contribution in [0.3, 0.4) is 0 Å². The zero-order valence-corrected chi connectivity index (χ0v) is 19.8. The van der Waals surface area contributed by atoms with Crippen molar-refractivity contribution in [3.63, 3.8) is 0 Å². The van der Waals surface area contributed by atoms with Crippen molar-refractivity contribution in [3.05, 3.63) is 35.4 Å². The second kappa shape index (κ2) is 7.81. The van der Waals surface area contributed by atoms with Crippen LogP contribution in [0.25, 0.3) is 0 Å². The van der Waals surface area contributed by atoms with Crippen LogP contribution in [0.1, 0.15) is 58.6 Å². The SMILES string of the molecule is Cc1cccc(C[C@H](NC(=O)C(C)(C)N)B2O[C@@H]3C[C@@H]4C[C@@H](C4(C)C)[C@]3(C)O2)c1.Cl. The van der Waals surface area contributed by atoms with E-state index in [0.29, 0.717) is 18.3 Å². The molecular weight excluding hydrogens is 399 g/mol. The van der Waals surface area contributed by atoms with Crippen molar-refractivity contribution >= 4 is 25.4 Å². The number of carbonyl (C=O) groups excluding carboxylic acids is 1. The number of nitrogens with one attached hydrogen (secondary N) is 1. The van der Waals surface area contributed by atoms with Gasteiger partial charge in [0.15, 0.2) is 0 Å². The highest BCUT2D eigenvalue weighted by atomic mass is 35.5. The smallest absolute Gasteiger partial charge is 0.404 e. The van der Waals surface area contributed by atoms with Gasteiger partial charge in [-0.3, -0.25) is 4.79 Å². The summed E-state index contributed by atoms with van der Waals surface area (Å²) in [7, 11) is -0.466. The normalized spacial score (nSPS) is 32.5. The topological polar surface area (TPSA) is 73.6 Å². The molecule has 4 aliphatic rings. The number of amides is 1. The van der Waals surface area contributed by atoms with E-state index in [4.69, 9.17) is 15.0 Å². The van der Waals surface area contributed by atoms with Gasteiger partial charge in [-0.05, 0) is 69.8 Å². The number of hydrogen-bond acceptors (Lipinski definition) is 4. The summed E-state index contributed by atoms with van der Waals surface area (Å²) in [5, 5.41) is 3.13. The van der Waals surface area contributed by atoms with Crippen molar-refractivity contribution in [2.45, 2.75) is 84.0 Å². The predicted molar refractivity (Wildman–Crippen MR) is 122 cm³/mol. The fourth-order valence-corrected chi connectivity index (χ4v) is 5.73. The molecule has 0 spiro atoms. The standard InChI is InChI=1S/C23H35BN2O3.ClH/c1-14-8-7-9-15(10-14)11-19(26-20(27)22(4,5)25)24-28-18-13-16-12-17(21(16,2)3)23(18,6)29-24;/h7-10,16-19H,11-13,25H2,1-6H3,(H,26,27);1H/t16-,17-,18+,19-,23-;/m0./s1. The lowest BCUT2D eigenvalue weighted by Crippen LogP contribution is -2.65. The highest BCUT2D eigenvalue weighted by Gasteiger charge is 2.68. The van der Waals surface area contributed by atoms with Crippen LogP contribution < -0.4 is 11.1 Å². The first-order valence-corrected chi connectivity index (χ1v) is 10.9. The van der Waals surface area contributed by atoms with Gasteiger partial charge >= 0.3 is 7.12 Å². The second-order valence-electron chi connectivity index (χ2n) is 10.8. The van der Waals surface area contributed by atoms with E-state index in [1.54, 1.807) is 13.8 Å². The Morgan fingerprint density at radius 3 is 2.63 bits per heavy atom. The molecule has 1 aliphatic heterocycles. The van der Waals surface area contributed by atoms with Gasteiger partial charge in [-0.15, -0.1) is 12.4 Å². The first-order valence-electron chi connectivity index (χ1n) is 10.9. The fraction of sp³-hybridized carbons (Fsp3) is 0.696. The Balaban J connectivity index is 0.00000256. The van der Waals surface area contributed by atoms with Gasteiger partial charge in [0, 0.05) is 0 Å². The summed E-state index contributed by atoms with van der Waals surface area (Å²) in [5.41, 5.74) is 7.45. The first-order chi connectivity index (χ1) is 13.4. The molecule has 166 valence electrons. The lowest BCUT2D eigenvalue weighted by molar-refractivity contribution is -0.199. The molecule has 3 saturated carbocycles. The molecule has 1 amide bonds. The number of carbonyl (C=O) groups is 1. The maximum absolute atomic E-state index is 12.7. The minimum Gasteiger partial charge on any atom is -0.404 e. The average Bonchev–Trinajstić information content (AvgIpc) is 2.97. The van der Waals surface area contributed by atoms with Gasteiger partial charge in [0.25, 0.3) is 0 Å². The van der Waals surface area contributed by atoms with Gasteiger partial charge in [0.1, 0.15) is 0 Å². The zero-order chi connectivity index (χ0) is 21.2. The summed E-state index contributed by atoms with van der Waals surface area (Å²) in [6.45, 7) is 12.4. The fourth-order valence-electron chi connectivity index (χ4n) is 5.73. The van der Waals surface area contributed by atoms with Gasteiger partial charge in [-0.1, -0.05) is 43.7 Å². The molecule has 7 heteroatoms. The molecule has 1 aromatic rings. The summed E-state index contributed by atoms with van der Waals surface area (Å²) in [6, 6.07) is 8.36. The Hall–Kier alpha value is -1.08. The summed E-state index contributed by atoms with van der Waals surface area (Å²) in [4.78, 5) is 12.7. The van der Waals surface area contributed by atoms with Crippen LogP contribution in [-0.4, -0.2) is 36.2 Å². The number of nitrogens with two attached hydrogens (primary N) is 1. The Kier molecular flexibility index (Phi) is 6.14.